The minimum atomic E-state index is -0.641. The van der Waals surface area contributed by atoms with Gasteiger partial charge in [-0.25, -0.2) is 4.79 Å². The van der Waals surface area contributed by atoms with E-state index in [2.05, 4.69) is 20.8 Å². The van der Waals surface area contributed by atoms with Gasteiger partial charge in [-0.1, -0.05) is 43.4 Å². The molecule has 2 atom stereocenters. The molecule has 0 unspecified atom stereocenters. The van der Waals surface area contributed by atoms with Gasteiger partial charge in [0.2, 0.25) is 11.0 Å². The van der Waals surface area contributed by atoms with Crippen LogP contribution >= 0.6 is 23.1 Å². The van der Waals surface area contributed by atoms with Crippen molar-refractivity contribution in [1.29, 1.82) is 0 Å². The summed E-state index contributed by atoms with van der Waals surface area (Å²) in [5.74, 6) is 0.267. The molecule has 142 valence electrons. The molecule has 0 bridgehead atoms. The molecule has 0 saturated heterocycles. The van der Waals surface area contributed by atoms with Crippen molar-refractivity contribution in [3.63, 3.8) is 0 Å². The molecule has 0 saturated carbocycles. The van der Waals surface area contributed by atoms with Crippen LogP contribution in [0.15, 0.2) is 27.2 Å². The van der Waals surface area contributed by atoms with Crippen molar-refractivity contribution in [3.8, 4) is 0 Å². The van der Waals surface area contributed by atoms with Crippen LogP contribution in [-0.4, -0.2) is 41.0 Å². The maximum atomic E-state index is 12.1. The van der Waals surface area contributed by atoms with Crippen LogP contribution in [0.2, 0.25) is 0 Å². The Bertz CT molecular complexity index is 705. The molecule has 2 aromatic heterocycles. The molecule has 2 aromatic rings. The molecule has 0 radical (unpaired) electrons. The lowest BCUT2D eigenvalue weighted by Gasteiger charge is -2.21. The number of amides is 1. The first-order chi connectivity index (χ1) is 12.5. The Hall–Kier alpha value is -2.07. The second-order valence-corrected chi connectivity index (χ2v) is 7.75. The number of esters is 1. The first-order valence-corrected chi connectivity index (χ1v) is 9.93. The third-order valence-electron chi connectivity index (χ3n) is 3.71. The second-order valence-electron chi connectivity index (χ2n) is 5.55. The topological polar surface area (TPSA) is 106 Å². The Labute approximate surface area is 160 Å². The number of rotatable bonds is 10. The van der Waals surface area contributed by atoms with Crippen LogP contribution in [0.1, 0.15) is 26.0 Å². The van der Waals surface area contributed by atoms with E-state index in [4.69, 9.17) is 9.15 Å². The lowest BCUT2D eigenvalue weighted by molar-refractivity contribution is -0.146. The van der Waals surface area contributed by atoms with E-state index in [1.54, 1.807) is 6.26 Å². The molecule has 0 aliphatic heterocycles. The second kappa shape index (κ2) is 10.2. The zero-order chi connectivity index (χ0) is 18.9. The highest BCUT2D eigenvalue weighted by Gasteiger charge is 2.26. The lowest BCUT2D eigenvalue weighted by atomic mass is 9.99. The largest absolute Gasteiger partial charge is 0.467 e. The van der Waals surface area contributed by atoms with Crippen molar-refractivity contribution in [2.75, 3.05) is 18.2 Å². The van der Waals surface area contributed by atoms with Crippen LogP contribution in [0.25, 0.3) is 0 Å². The third kappa shape index (κ3) is 6.03. The predicted octanol–water partition coefficient (Wildman–Crippen LogP) is 2.54. The summed E-state index contributed by atoms with van der Waals surface area (Å²) >= 11 is 2.62. The number of hydrogen-bond acceptors (Lipinski definition) is 9. The number of thioether (sulfide) groups is 1. The van der Waals surface area contributed by atoms with E-state index in [0.717, 1.165) is 12.2 Å². The standard InChI is InChI=1S/C16H22N4O4S2/c1-4-10(2)13(14(22)23-3)18-12(21)9-25-16-20-19-15(26-16)17-8-11-6-5-7-24-11/h5-7,10,13H,4,8-9H2,1-3H3,(H,17,19)(H,18,21)/t10-,13+/m0/s1. The number of hydrogen-bond donors (Lipinski definition) is 2. The quantitative estimate of drug-likeness (QED) is 0.464. The van der Waals surface area contributed by atoms with Crippen LogP contribution < -0.4 is 10.6 Å². The van der Waals surface area contributed by atoms with Crippen LogP contribution in [0.4, 0.5) is 5.13 Å². The number of ether oxygens (including phenoxy) is 1. The number of anilines is 1. The average Bonchev–Trinajstić information content (AvgIpc) is 3.33. The summed E-state index contributed by atoms with van der Waals surface area (Å²) in [6.45, 7) is 4.37. The molecular weight excluding hydrogens is 376 g/mol. The minimum Gasteiger partial charge on any atom is -0.467 e. The molecule has 26 heavy (non-hydrogen) atoms. The van der Waals surface area contributed by atoms with E-state index in [-0.39, 0.29) is 17.6 Å². The minimum absolute atomic E-state index is 0.00432. The van der Waals surface area contributed by atoms with Gasteiger partial charge in [0.15, 0.2) is 4.34 Å². The van der Waals surface area contributed by atoms with Crippen molar-refractivity contribution < 1.29 is 18.7 Å². The molecule has 10 heteroatoms. The number of nitrogens with zero attached hydrogens (tertiary/aromatic N) is 2. The average molecular weight is 399 g/mol. The van der Waals surface area contributed by atoms with E-state index in [0.29, 0.717) is 16.0 Å². The monoisotopic (exact) mass is 398 g/mol. The van der Waals surface area contributed by atoms with Gasteiger partial charge in [-0.05, 0) is 18.1 Å². The van der Waals surface area contributed by atoms with Crippen molar-refractivity contribution in [3.05, 3.63) is 24.2 Å². The summed E-state index contributed by atoms with van der Waals surface area (Å²) in [6.07, 6.45) is 2.37. The number of nitrogens with one attached hydrogen (secondary N) is 2. The fraction of sp³-hybridized carbons (Fsp3) is 0.500. The Balaban J connectivity index is 1.80. The molecule has 0 fully saturated rings. The predicted molar refractivity (Wildman–Crippen MR) is 100 cm³/mol. The highest BCUT2D eigenvalue weighted by atomic mass is 32.2. The summed E-state index contributed by atoms with van der Waals surface area (Å²) in [5.41, 5.74) is 0. The number of aromatic nitrogens is 2. The van der Waals surface area contributed by atoms with Gasteiger partial charge in [0.05, 0.1) is 25.7 Å². The van der Waals surface area contributed by atoms with Gasteiger partial charge >= 0.3 is 5.97 Å². The van der Waals surface area contributed by atoms with Gasteiger partial charge < -0.3 is 19.8 Å². The highest BCUT2D eigenvalue weighted by Crippen LogP contribution is 2.25. The first-order valence-electron chi connectivity index (χ1n) is 8.13. The van der Waals surface area contributed by atoms with Crippen molar-refractivity contribution >= 4 is 40.1 Å². The van der Waals surface area contributed by atoms with E-state index in [1.807, 2.05) is 26.0 Å². The Kier molecular flexibility index (Phi) is 7.92. The van der Waals surface area contributed by atoms with Crippen molar-refractivity contribution in [1.82, 2.24) is 15.5 Å². The third-order valence-corrected chi connectivity index (χ3v) is 5.73. The van der Waals surface area contributed by atoms with Gasteiger partial charge in [-0.2, -0.15) is 0 Å². The van der Waals surface area contributed by atoms with Crippen LogP contribution in [0.3, 0.4) is 0 Å². The number of carbonyl (C=O) groups excluding carboxylic acids is 2. The summed E-state index contributed by atoms with van der Waals surface area (Å²) in [5, 5.41) is 14.6. The zero-order valence-corrected chi connectivity index (χ0v) is 16.5. The molecule has 8 nitrogen and oxygen atoms in total. The summed E-state index contributed by atoms with van der Waals surface area (Å²) in [7, 11) is 1.32. The summed E-state index contributed by atoms with van der Waals surface area (Å²) in [6, 6.07) is 3.04. The van der Waals surface area contributed by atoms with E-state index >= 15 is 0 Å². The van der Waals surface area contributed by atoms with E-state index in [9.17, 15) is 9.59 Å². The van der Waals surface area contributed by atoms with Crippen LogP contribution in [-0.2, 0) is 20.9 Å². The molecule has 0 aromatic carbocycles. The van der Waals surface area contributed by atoms with Crippen LogP contribution in [0.5, 0.6) is 0 Å². The molecule has 0 aliphatic carbocycles. The SMILES string of the molecule is CC[C@H](C)[C@@H](NC(=O)CSc1nnc(NCc2ccco2)s1)C(=O)OC. The molecule has 0 spiro atoms. The fourth-order valence-electron chi connectivity index (χ4n) is 2.05. The van der Waals surface area contributed by atoms with Crippen LogP contribution in [0, 0.1) is 5.92 Å². The molecule has 0 aliphatic rings. The number of carbonyl (C=O) groups is 2. The number of furan rings is 1. The summed E-state index contributed by atoms with van der Waals surface area (Å²) < 4.78 is 10.7. The molecule has 2 rings (SSSR count). The summed E-state index contributed by atoms with van der Waals surface area (Å²) in [4.78, 5) is 24.0. The molecular formula is C16H22N4O4S2. The van der Waals surface area contributed by atoms with Gasteiger partial charge in [0.25, 0.3) is 0 Å². The van der Waals surface area contributed by atoms with Gasteiger partial charge in [-0.15, -0.1) is 10.2 Å². The van der Waals surface area contributed by atoms with Gasteiger partial charge in [0.1, 0.15) is 11.8 Å². The lowest BCUT2D eigenvalue weighted by Crippen LogP contribution is -2.46. The Morgan fingerprint density at radius 1 is 1.42 bits per heavy atom. The van der Waals surface area contributed by atoms with Crippen molar-refractivity contribution in [2.45, 2.75) is 37.2 Å². The highest BCUT2D eigenvalue weighted by molar-refractivity contribution is 8.01. The van der Waals surface area contributed by atoms with E-state index in [1.165, 1.54) is 30.2 Å². The number of methoxy groups -OCH3 is 1. The van der Waals surface area contributed by atoms with E-state index < -0.39 is 12.0 Å². The molecule has 1 amide bonds. The maximum Gasteiger partial charge on any atom is 0.328 e. The fourth-order valence-corrected chi connectivity index (χ4v) is 3.61. The molecule has 2 N–H and O–H groups in total. The Morgan fingerprint density at radius 3 is 2.88 bits per heavy atom. The molecule has 2 heterocycles. The normalized spacial score (nSPS) is 13.0. The smallest absolute Gasteiger partial charge is 0.328 e. The van der Waals surface area contributed by atoms with Crippen molar-refractivity contribution in [2.24, 2.45) is 5.92 Å². The van der Waals surface area contributed by atoms with Gasteiger partial charge in [-0.3, -0.25) is 4.79 Å². The maximum absolute atomic E-state index is 12.1. The zero-order valence-electron chi connectivity index (χ0n) is 14.9. The van der Waals surface area contributed by atoms with Gasteiger partial charge in [0, 0.05) is 0 Å². The Morgan fingerprint density at radius 2 is 2.23 bits per heavy atom. The first kappa shape index (κ1) is 20.2.